The van der Waals surface area contributed by atoms with Crippen molar-refractivity contribution >= 4 is 17.7 Å². The first-order chi connectivity index (χ1) is 11.8. The number of fused-ring (bicyclic) bond motifs is 1. The van der Waals surface area contributed by atoms with Crippen molar-refractivity contribution in [2.45, 2.75) is 50.2 Å². The minimum Gasteiger partial charge on any atom is -0.454 e. The maximum absolute atomic E-state index is 12.4. The van der Waals surface area contributed by atoms with Crippen molar-refractivity contribution in [2.24, 2.45) is 0 Å². The summed E-state index contributed by atoms with van der Waals surface area (Å²) in [5.41, 5.74) is 0.712. The van der Waals surface area contributed by atoms with Crippen LogP contribution in [0.5, 0.6) is 11.5 Å². The Morgan fingerprint density at radius 1 is 1.36 bits per heavy atom. The molecule has 1 aromatic heterocycles. The fourth-order valence-electron chi connectivity index (χ4n) is 2.27. The Morgan fingerprint density at radius 2 is 2.12 bits per heavy atom. The van der Waals surface area contributed by atoms with E-state index in [9.17, 15) is 4.79 Å². The molecule has 25 heavy (non-hydrogen) atoms. The van der Waals surface area contributed by atoms with Gasteiger partial charge < -0.3 is 14.8 Å². The van der Waals surface area contributed by atoms with E-state index in [0.29, 0.717) is 17.5 Å². The van der Waals surface area contributed by atoms with Gasteiger partial charge in [0, 0.05) is 6.54 Å². The van der Waals surface area contributed by atoms with Gasteiger partial charge in [0.05, 0.1) is 10.8 Å². The van der Waals surface area contributed by atoms with Crippen LogP contribution in [0.15, 0.2) is 23.4 Å². The molecule has 8 nitrogen and oxygen atoms in total. The molecule has 1 amide bonds. The molecule has 0 aliphatic carbocycles. The Labute approximate surface area is 150 Å². The van der Waals surface area contributed by atoms with Crippen molar-refractivity contribution in [2.75, 3.05) is 6.79 Å². The van der Waals surface area contributed by atoms with E-state index in [-0.39, 0.29) is 23.5 Å². The number of carbonyl (C=O) groups is 1. The lowest BCUT2D eigenvalue weighted by molar-refractivity contribution is -0.120. The highest BCUT2D eigenvalue weighted by atomic mass is 32.2. The molecule has 0 fully saturated rings. The molecule has 1 atom stereocenters. The van der Waals surface area contributed by atoms with Crippen molar-refractivity contribution in [3.63, 3.8) is 0 Å². The molecule has 0 spiro atoms. The monoisotopic (exact) mass is 363 g/mol. The number of ether oxygens (including phenoxy) is 2. The van der Waals surface area contributed by atoms with Gasteiger partial charge in [-0.05, 0) is 55.8 Å². The number of nitrogens with one attached hydrogen (secondary N) is 1. The maximum atomic E-state index is 12.4. The fraction of sp³-hybridized carbons (Fsp3) is 0.500. The van der Waals surface area contributed by atoms with E-state index >= 15 is 0 Å². The third kappa shape index (κ3) is 4.04. The topological polar surface area (TPSA) is 91.2 Å². The molecule has 1 aliphatic rings. The Morgan fingerprint density at radius 3 is 2.88 bits per heavy atom. The van der Waals surface area contributed by atoms with Crippen molar-refractivity contribution in [3.8, 4) is 11.5 Å². The summed E-state index contributed by atoms with van der Waals surface area (Å²) in [5.74, 6) is 1.36. The molecular formula is C16H21N5O3S. The van der Waals surface area contributed by atoms with Gasteiger partial charge in [-0.2, -0.15) is 0 Å². The summed E-state index contributed by atoms with van der Waals surface area (Å²) in [6.07, 6.45) is 0. The predicted octanol–water partition coefficient (Wildman–Crippen LogP) is 1.95. The molecule has 0 saturated carbocycles. The van der Waals surface area contributed by atoms with Gasteiger partial charge in [0.15, 0.2) is 11.5 Å². The lowest BCUT2D eigenvalue weighted by atomic mass is 10.1. The second-order valence-electron chi connectivity index (χ2n) is 6.71. The Bertz CT molecular complexity index is 771. The van der Waals surface area contributed by atoms with Crippen LogP contribution in [-0.2, 0) is 16.9 Å². The van der Waals surface area contributed by atoms with Crippen LogP contribution in [0, 0.1) is 0 Å². The molecule has 0 radical (unpaired) electrons. The number of nitrogens with zero attached hydrogens (tertiary/aromatic N) is 4. The lowest BCUT2D eigenvalue weighted by Gasteiger charge is -2.20. The van der Waals surface area contributed by atoms with Gasteiger partial charge in [-0.1, -0.05) is 17.8 Å². The summed E-state index contributed by atoms with van der Waals surface area (Å²) in [6.45, 7) is 8.53. The number of hydrogen-bond donors (Lipinski definition) is 1. The summed E-state index contributed by atoms with van der Waals surface area (Å²) < 4.78 is 12.3. The third-order valence-electron chi connectivity index (χ3n) is 3.63. The molecule has 2 aromatic rings. The van der Waals surface area contributed by atoms with Crippen LogP contribution in [0.25, 0.3) is 0 Å². The molecule has 1 aromatic carbocycles. The first-order valence-corrected chi connectivity index (χ1v) is 8.84. The molecule has 134 valence electrons. The molecule has 0 saturated heterocycles. The number of hydrogen-bond acceptors (Lipinski definition) is 7. The second-order valence-corrected chi connectivity index (χ2v) is 8.02. The predicted molar refractivity (Wildman–Crippen MR) is 92.5 cm³/mol. The average Bonchev–Trinajstić information content (AvgIpc) is 3.20. The summed E-state index contributed by atoms with van der Waals surface area (Å²) in [4.78, 5) is 12.4. The largest absolute Gasteiger partial charge is 0.454 e. The Kier molecular flexibility index (Phi) is 4.85. The standard InChI is InChI=1S/C16H21N5O3S/c1-10(25-15-18-19-20-21(15)16(2,3)4)14(22)17-8-11-5-6-12-13(7-11)24-9-23-12/h5-7,10H,8-9H2,1-4H3,(H,17,22). The van der Waals surface area contributed by atoms with Crippen LogP contribution >= 0.6 is 11.8 Å². The molecular weight excluding hydrogens is 342 g/mol. The number of amides is 1. The minimum atomic E-state index is -0.318. The summed E-state index contributed by atoms with van der Waals surface area (Å²) in [6, 6.07) is 5.63. The molecule has 1 aliphatic heterocycles. The molecule has 3 rings (SSSR count). The van der Waals surface area contributed by atoms with E-state index in [4.69, 9.17) is 9.47 Å². The van der Waals surface area contributed by atoms with Crippen molar-refractivity contribution in [1.82, 2.24) is 25.5 Å². The molecule has 9 heteroatoms. The SMILES string of the molecule is CC(Sc1nnnn1C(C)(C)C)C(=O)NCc1ccc2c(c1)OCO2. The first-order valence-electron chi connectivity index (χ1n) is 7.96. The third-order valence-corrected chi connectivity index (χ3v) is 4.66. The number of carbonyl (C=O) groups excluding carboxylic acids is 1. The van der Waals surface area contributed by atoms with Crippen LogP contribution in [0.2, 0.25) is 0 Å². The first kappa shape index (κ1) is 17.5. The van der Waals surface area contributed by atoms with Gasteiger partial charge in [-0.15, -0.1) is 5.10 Å². The molecule has 0 bridgehead atoms. The van der Waals surface area contributed by atoms with Crippen molar-refractivity contribution < 1.29 is 14.3 Å². The van der Waals surface area contributed by atoms with Gasteiger partial charge in [-0.25, -0.2) is 4.68 Å². The molecule has 2 heterocycles. The molecule has 1 N–H and O–H groups in total. The molecule has 1 unspecified atom stereocenters. The van der Waals surface area contributed by atoms with Gasteiger partial charge >= 0.3 is 0 Å². The van der Waals surface area contributed by atoms with E-state index in [0.717, 1.165) is 11.3 Å². The number of aromatic nitrogens is 4. The maximum Gasteiger partial charge on any atom is 0.233 e. The van der Waals surface area contributed by atoms with E-state index in [2.05, 4.69) is 20.8 Å². The second kappa shape index (κ2) is 6.91. The normalized spacial score (nSPS) is 14.4. The Balaban J connectivity index is 1.57. The van der Waals surface area contributed by atoms with E-state index in [1.807, 2.05) is 45.9 Å². The van der Waals surface area contributed by atoms with Crippen molar-refractivity contribution in [3.05, 3.63) is 23.8 Å². The Hall–Kier alpha value is -2.29. The summed E-state index contributed by atoms with van der Waals surface area (Å²) in [7, 11) is 0. The zero-order chi connectivity index (χ0) is 18.0. The van der Waals surface area contributed by atoms with Crippen LogP contribution in [0.4, 0.5) is 0 Å². The van der Waals surface area contributed by atoms with Gasteiger partial charge in [0.1, 0.15) is 0 Å². The minimum absolute atomic E-state index is 0.0777. The fourth-order valence-corrected chi connectivity index (χ4v) is 3.27. The highest BCUT2D eigenvalue weighted by Crippen LogP contribution is 2.32. The summed E-state index contributed by atoms with van der Waals surface area (Å²) >= 11 is 1.34. The zero-order valence-corrected chi connectivity index (χ0v) is 15.5. The highest BCUT2D eigenvalue weighted by Gasteiger charge is 2.24. The quantitative estimate of drug-likeness (QED) is 0.812. The number of tetrazole rings is 1. The van der Waals surface area contributed by atoms with Crippen LogP contribution in [-0.4, -0.2) is 38.2 Å². The number of thioether (sulfide) groups is 1. The van der Waals surface area contributed by atoms with Gasteiger partial charge in [-0.3, -0.25) is 4.79 Å². The van der Waals surface area contributed by atoms with Crippen LogP contribution in [0.3, 0.4) is 0 Å². The van der Waals surface area contributed by atoms with E-state index in [1.54, 1.807) is 4.68 Å². The lowest BCUT2D eigenvalue weighted by Crippen LogP contribution is -2.31. The van der Waals surface area contributed by atoms with E-state index in [1.165, 1.54) is 11.8 Å². The van der Waals surface area contributed by atoms with Gasteiger partial charge in [0.25, 0.3) is 0 Å². The summed E-state index contributed by atoms with van der Waals surface area (Å²) in [5, 5.41) is 15.0. The van der Waals surface area contributed by atoms with Gasteiger partial charge in [0.2, 0.25) is 17.9 Å². The average molecular weight is 363 g/mol. The van der Waals surface area contributed by atoms with Crippen molar-refractivity contribution in [1.29, 1.82) is 0 Å². The highest BCUT2D eigenvalue weighted by molar-refractivity contribution is 8.00. The number of rotatable bonds is 5. The smallest absolute Gasteiger partial charge is 0.233 e. The van der Waals surface area contributed by atoms with Crippen LogP contribution < -0.4 is 14.8 Å². The van der Waals surface area contributed by atoms with Crippen LogP contribution in [0.1, 0.15) is 33.3 Å². The number of benzene rings is 1. The van der Waals surface area contributed by atoms with E-state index < -0.39 is 0 Å². The zero-order valence-electron chi connectivity index (χ0n) is 14.6.